The Morgan fingerprint density at radius 2 is 1.07 bits per heavy atom. The van der Waals surface area contributed by atoms with Crippen molar-refractivity contribution in [3.63, 3.8) is 0 Å². The maximum Gasteiger partial charge on any atom is 0.276 e. The lowest BCUT2D eigenvalue weighted by Gasteiger charge is -2.41. The molecule has 0 aliphatic carbocycles. The molecule has 10 heterocycles. The molecule has 18 nitrogen and oxygen atoms in total. The highest BCUT2D eigenvalue weighted by molar-refractivity contribution is 5.96. The van der Waals surface area contributed by atoms with Crippen molar-refractivity contribution >= 4 is 22.8 Å². The largest absolute Gasteiger partial charge is 0.331 e. The Morgan fingerprint density at radius 3 is 1.43 bits per heavy atom. The summed E-state index contributed by atoms with van der Waals surface area (Å²) in [7, 11) is 0. The molecule has 2 amide bonds. The molecular formula is C38H32F2N14O4. The molecule has 2 N–H and O–H groups in total. The van der Waals surface area contributed by atoms with Crippen molar-refractivity contribution in [1.29, 1.82) is 0 Å². The molecule has 0 saturated carbocycles. The van der Waals surface area contributed by atoms with Gasteiger partial charge in [0.1, 0.15) is 11.0 Å². The monoisotopic (exact) mass is 786 g/mol. The van der Waals surface area contributed by atoms with Gasteiger partial charge in [0.2, 0.25) is 23.8 Å². The van der Waals surface area contributed by atoms with Crippen molar-refractivity contribution in [2.75, 3.05) is 13.1 Å². The summed E-state index contributed by atoms with van der Waals surface area (Å²) in [5.74, 6) is -1.03. The number of nitrogens with one attached hydrogen (secondary N) is 2. The van der Waals surface area contributed by atoms with Gasteiger partial charge in [0.15, 0.2) is 0 Å². The summed E-state index contributed by atoms with van der Waals surface area (Å²) in [5, 5.41) is 17.2. The minimum atomic E-state index is -0.552. The Hall–Kier alpha value is -7.64. The number of aromatic nitrogens is 12. The summed E-state index contributed by atoms with van der Waals surface area (Å²) in [6, 6.07) is 12.3. The molecule has 8 aromatic heterocycles. The first-order valence-electron chi connectivity index (χ1n) is 18.2. The van der Waals surface area contributed by atoms with Crippen LogP contribution in [0.5, 0.6) is 0 Å². The number of carbonyl (C=O) groups excluding carboxylic acids is 2. The van der Waals surface area contributed by atoms with Crippen LogP contribution < -0.4 is 11.1 Å². The van der Waals surface area contributed by atoms with Crippen LogP contribution in [0.25, 0.3) is 22.9 Å². The van der Waals surface area contributed by atoms with Gasteiger partial charge in [0.25, 0.3) is 22.9 Å². The number of aromatic amines is 2. The minimum Gasteiger partial charge on any atom is -0.331 e. The topological polar surface area (TPSA) is 202 Å². The smallest absolute Gasteiger partial charge is 0.276 e. The van der Waals surface area contributed by atoms with Gasteiger partial charge in [-0.25, -0.2) is 28.4 Å². The van der Waals surface area contributed by atoms with Crippen LogP contribution in [0.3, 0.4) is 0 Å². The molecule has 2 fully saturated rings. The van der Waals surface area contributed by atoms with Crippen LogP contribution in [0.4, 0.5) is 8.78 Å². The molecule has 2 aliphatic heterocycles. The van der Waals surface area contributed by atoms with Crippen molar-refractivity contribution in [2.45, 2.75) is 38.8 Å². The number of rotatable bonds is 6. The number of amides is 2. The van der Waals surface area contributed by atoms with E-state index < -0.39 is 11.9 Å². The minimum absolute atomic E-state index is 0.146. The Bertz CT molecular complexity index is 2780. The average molecular weight is 787 g/mol. The fraction of sp³-hybridized carbons (Fsp3) is 0.211. The fourth-order valence-electron chi connectivity index (χ4n) is 7.15. The van der Waals surface area contributed by atoms with Gasteiger partial charge in [0.05, 0.1) is 47.0 Å². The molecule has 2 atom stereocenters. The summed E-state index contributed by atoms with van der Waals surface area (Å²) in [5.41, 5.74) is 3.79. The SMILES string of the molecule is Cc1c(C(=O)N2CCC2c2ccc(F)nc2)cnn1-c1nn2cccc2c(=O)[nH]1.Cc1c(C(=O)N2CCC2c2ccc(F)nc2)cnn1-c1nn2cccc2c(=O)[nH]1. The van der Waals surface area contributed by atoms with E-state index in [4.69, 9.17) is 0 Å². The third-order valence-corrected chi connectivity index (χ3v) is 10.5. The molecule has 58 heavy (non-hydrogen) atoms. The van der Waals surface area contributed by atoms with Crippen molar-refractivity contribution in [3.8, 4) is 11.9 Å². The zero-order valence-electron chi connectivity index (χ0n) is 30.8. The van der Waals surface area contributed by atoms with Crippen LogP contribution >= 0.6 is 0 Å². The summed E-state index contributed by atoms with van der Waals surface area (Å²) in [6.45, 7) is 4.68. The van der Waals surface area contributed by atoms with Crippen LogP contribution in [-0.2, 0) is 0 Å². The molecule has 10 rings (SSSR count). The highest BCUT2D eigenvalue weighted by atomic mass is 19.1. The molecule has 20 heteroatoms. The number of carbonyl (C=O) groups is 2. The van der Waals surface area contributed by atoms with Gasteiger partial charge >= 0.3 is 0 Å². The number of pyridine rings is 2. The highest BCUT2D eigenvalue weighted by Crippen LogP contribution is 2.36. The lowest BCUT2D eigenvalue weighted by Crippen LogP contribution is -2.45. The van der Waals surface area contributed by atoms with Crippen molar-refractivity contribution < 1.29 is 18.4 Å². The molecule has 2 saturated heterocycles. The number of H-pyrrole nitrogens is 2. The Kier molecular flexibility index (Phi) is 8.78. The molecular weight excluding hydrogens is 755 g/mol. The van der Waals surface area contributed by atoms with Crippen molar-refractivity contribution in [3.05, 3.63) is 152 Å². The van der Waals surface area contributed by atoms with E-state index in [-0.39, 0.29) is 46.9 Å². The van der Waals surface area contributed by atoms with Crippen LogP contribution in [0.15, 0.2) is 95.3 Å². The Balaban J connectivity index is 0.000000150. The summed E-state index contributed by atoms with van der Waals surface area (Å²) in [4.78, 5) is 66.7. The quantitative estimate of drug-likeness (QED) is 0.236. The standard InChI is InChI=1S/2C19H16FN7O2/c2*1-11-13(18(29)25-8-6-14(25)12-4-5-16(20)21-9-12)10-22-27(11)19-23-17(28)15-3-2-7-26(15)24-19/h2*2-5,7,9-10,14H,6,8H2,1H3,(H,23,24,28). The highest BCUT2D eigenvalue weighted by Gasteiger charge is 2.37. The maximum atomic E-state index is 13.1. The van der Waals surface area contributed by atoms with E-state index in [2.05, 4.69) is 40.3 Å². The number of nitrogens with zero attached hydrogens (tertiary/aromatic N) is 12. The number of halogens is 2. The van der Waals surface area contributed by atoms with Gasteiger partial charge in [-0.3, -0.25) is 29.1 Å². The van der Waals surface area contributed by atoms with Crippen LogP contribution in [0, 0.1) is 25.7 Å². The first-order valence-corrected chi connectivity index (χ1v) is 18.2. The van der Waals surface area contributed by atoms with Gasteiger partial charge in [-0.15, -0.1) is 10.2 Å². The van der Waals surface area contributed by atoms with Gasteiger partial charge in [0, 0.05) is 37.9 Å². The van der Waals surface area contributed by atoms with Crippen molar-refractivity contribution in [1.82, 2.24) is 68.5 Å². The van der Waals surface area contributed by atoms with Crippen LogP contribution in [0.1, 0.15) is 68.2 Å². The third kappa shape index (κ3) is 6.19. The molecule has 0 radical (unpaired) electrons. The maximum absolute atomic E-state index is 13.1. The summed E-state index contributed by atoms with van der Waals surface area (Å²) in [6.07, 6.45) is 10.7. The Morgan fingerprint density at radius 1 is 0.638 bits per heavy atom. The first-order chi connectivity index (χ1) is 28.0. The second-order valence-electron chi connectivity index (χ2n) is 13.8. The molecule has 292 valence electrons. The zero-order valence-corrected chi connectivity index (χ0v) is 30.8. The normalized spacial score (nSPS) is 16.2. The van der Waals surface area contributed by atoms with E-state index in [1.54, 1.807) is 72.4 Å². The van der Waals surface area contributed by atoms with E-state index in [1.165, 1.54) is 55.3 Å². The van der Waals surface area contributed by atoms with Gasteiger partial charge in [-0.2, -0.15) is 19.0 Å². The molecule has 2 unspecified atom stereocenters. The summed E-state index contributed by atoms with van der Waals surface area (Å²) >= 11 is 0. The lowest BCUT2D eigenvalue weighted by atomic mass is 9.95. The second kappa shape index (κ2) is 14.1. The van der Waals surface area contributed by atoms with Gasteiger partial charge in [-0.05, 0) is 74.2 Å². The van der Waals surface area contributed by atoms with E-state index in [1.807, 2.05) is 0 Å². The average Bonchev–Trinajstić information content (AvgIpc) is 4.00. The van der Waals surface area contributed by atoms with Crippen molar-refractivity contribution in [2.24, 2.45) is 0 Å². The number of hydrogen-bond acceptors (Lipinski definition) is 10. The number of fused-ring (bicyclic) bond motifs is 2. The molecule has 0 bridgehead atoms. The predicted octanol–water partition coefficient (Wildman–Crippen LogP) is 3.28. The molecule has 0 aromatic carbocycles. The molecule has 8 aromatic rings. The number of likely N-dealkylation sites (tertiary alicyclic amines) is 2. The number of hydrogen-bond donors (Lipinski definition) is 2. The molecule has 2 aliphatic rings. The second-order valence-corrected chi connectivity index (χ2v) is 13.8. The van der Waals surface area contributed by atoms with Gasteiger partial charge < -0.3 is 9.80 Å². The summed E-state index contributed by atoms with van der Waals surface area (Å²) < 4.78 is 31.9. The van der Waals surface area contributed by atoms with E-state index in [9.17, 15) is 28.0 Å². The lowest BCUT2D eigenvalue weighted by molar-refractivity contribution is 0.0452. The fourth-order valence-corrected chi connectivity index (χ4v) is 7.15. The first kappa shape index (κ1) is 36.0. The van der Waals surface area contributed by atoms with Crippen LogP contribution in [-0.4, -0.2) is 93.4 Å². The predicted molar refractivity (Wildman–Crippen MR) is 201 cm³/mol. The molecule has 0 spiro atoms. The van der Waals surface area contributed by atoms with E-state index in [0.29, 0.717) is 46.6 Å². The van der Waals surface area contributed by atoms with E-state index in [0.717, 1.165) is 24.0 Å². The van der Waals surface area contributed by atoms with Crippen LogP contribution in [0.2, 0.25) is 0 Å². The van der Waals surface area contributed by atoms with E-state index >= 15 is 0 Å². The van der Waals surface area contributed by atoms with Gasteiger partial charge in [-0.1, -0.05) is 12.1 Å². The zero-order chi connectivity index (χ0) is 40.2. The third-order valence-electron chi connectivity index (χ3n) is 10.5. The Labute approximate surface area is 325 Å².